The van der Waals surface area contributed by atoms with Crippen molar-refractivity contribution >= 4 is 29.5 Å². The van der Waals surface area contributed by atoms with Crippen molar-refractivity contribution < 1.29 is 9.53 Å². The Morgan fingerprint density at radius 2 is 2.38 bits per heavy atom. The number of halogens is 1. The van der Waals surface area contributed by atoms with E-state index in [0.29, 0.717) is 17.4 Å². The summed E-state index contributed by atoms with van der Waals surface area (Å²) in [5.74, 6) is 5.74. The highest BCUT2D eigenvalue weighted by molar-refractivity contribution is 6.32. The van der Waals surface area contributed by atoms with Crippen LogP contribution < -0.4 is 22.3 Å². The number of aromatic nitrogens is 2. The van der Waals surface area contributed by atoms with Gasteiger partial charge in [-0.2, -0.15) is 4.98 Å². The van der Waals surface area contributed by atoms with Crippen LogP contribution in [0.4, 0.5) is 16.6 Å². The number of carbonyl (C=O) groups is 1. The first-order valence-electron chi connectivity index (χ1n) is 4.28. The summed E-state index contributed by atoms with van der Waals surface area (Å²) in [5.41, 5.74) is 7.06. The molecule has 0 radical (unpaired) electrons. The molecule has 0 saturated carbocycles. The third kappa shape index (κ3) is 3.75. The molecule has 88 valence electrons. The van der Waals surface area contributed by atoms with E-state index >= 15 is 0 Å². The van der Waals surface area contributed by atoms with E-state index in [1.807, 2.05) is 0 Å². The van der Waals surface area contributed by atoms with E-state index in [0.717, 1.165) is 0 Å². The van der Waals surface area contributed by atoms with Crippen LogP contribution in [0.25, 0.3) is 0 Å². The molecule has 16 heavy (non-hydrogen) atoms. The van der Waals surface area contributed by atoms with Crippen LogP contribution in [0.2, 0.25) is 5.02 Å². The number of nitrogens with zero attached hydrogens (tertiary/aromatic N) is 2. The molecule has 6 N–H and O–H groups in total. The number of amides is 1. The molecule has 0 aliphatic rings. The van der Waals surface area contributed by atoms with Gasteiger partial charge in [0.05, 0.1) is 12.7 Å². The first kappa shape index (κ1) is 12.3. The van der Waals surface area contributed by atoms with Gasteiger partial charge in [0.2, 0.25) is 5.95 Å². The van der Waals surface area contributed by atoms with Crippen molar-refractivity contribution in [1.82, 2.24) is 9.97 Å². The van der Waals surface area contributed by atoms with Gasteiger partial charge in [-0.3, -0.25) is 5.43 Å². The van der Waals surface area contributed by atoms with Gasteiger partial charge in [-0.15, -0.1) is 0 Å². The lowest BCUT2D eigenvalue weighted by Crippen LogP contribution is -2.19. The van der Waals surface area contributed by atoms with Crippen molar-refractivity contribution in [1.29, 1.82) is 0 Å². The lowest BCUT2D eigenvalue weighted by atomic mass is 10.5. The number of nitrogens with two attached hydrogens (primary N) is 2. The van der Waals surface area contributed by atoms with Gasteiger partial charge in [0.25, 0.3) is 0 Å². The largest absolute Gasteiger partial charge is 0.448 e. The average Bonchev–Trinajstić information content (AvgIpc) is 2.26. The monoisotopic (exact) mass is 246 g/mol. The number of nitrogens with one attached hydrogen (secondary N) is 2. The van der Waals surface area contributed by atoms with Gasteiger partial charge in [-0.05, 0) is 0 Å². The lowest BCUT2D eigenvalue weighted by molar-refractivity contribution is 0.161. The molecule has 8 nitrogen and oxygen atoms in total. The van der Waals surface area contributed by atoms with Gasteiger partial charge in [0, 0.05) is 0 Å². The summed E-state index contributed by atoms with van der Waals surface area (Å²) in [4.78, 5) is 18.0. The van der Waals surface area contributed by atoms with Crippen LogP contribution in [0, 0.1) is 0 Å². The van der Waals surface area contributed by atoms with E-state index in [9.17, 15) is 4.79 Å². The molecule has 1 heterocycles. The molecule has 0 aliphatic heterocycles. The third-order valence-corrected chi connectivity index (χ3v) is 1.79. The molecule has 0 spiro atoms. The van der Waals surface area contributed by atoms with E-state index in [1.54, 1.807) is 0 Å². The highest BCUT2D eigenvalue weighted by Crippen LogP contribution is 2.18. The van der Waals surface area contributed by atoms with Gasteiger partial charge in [-0.25, -0.2) is 15.6 Å². The predicted molar refractivity (Wildman–Crippen MR) is 58.9 cm³/mol. The van der Waals surface area contributed by atoms with E-state index in [4.69, 9.17) is 23.2 Å². The second-order valence-electron chi connectivity index (χ2n) is 2.63. The second kappa shape index (κ2) is 5.93. The Hall–Kier alpha value is -1.80. The quantitative estimate of drug-likeness (QED) is 0.325. The molecule has 0 aliphatic carbocycles. The van der Waals surface area contributed by atoms with Crippen LogP contribution in [0.5, 0.6) is 0 Å². The smallest absolute Gasteiger partial charge is 0.404 e. The van der Waals surface area contributed by atoms with Gasteiger partial charge < -0.3 is 15.8 Å². The molecule has 1 aromatic rings. The molecular formula is C7H11ClN6O2. The molecule has 0 aromatic carbocycles. The molecule has 1 amide bonds. The number of anilines is 2. The number of nitrogen functional groups attached to an aromatic ring is 1. The molecule has 9 heteroatoms. The van der Waals surface area contributed by atoms with Crippen LogP contribution >= 0.6 is 11.6 Å². The number of hydrogen-bond donors (Lipinski definition) is 4. The average molecular weight is 247 g/mol. The second-order valence-corrected chi connectivity index (χ2v) is 3.04. The summed E-state index contributed by atoms with van der Waals surface area (Å²) in [6.45, 7) is 0.435. The van der Waals surface area contributed by atoms with Crippen molar-refractivity contribution in [3.63, 3.8) is 0 Å². The molecule has 1 rings (SSSR count). The van der Waals surface area contributed by atoms with Crippen molar-refractivity contribution in [2.24, 2.45) is 11.6 Å². The van der Waals surface area contributed by atoms with E-state index in [2.05, 4.69) is 25.4 Å². The Labute approximate surface area is 96.3 Å². The summed E-state index contributed by atoms with van der Waals surface area (Å²) in [6, 6.07) is 0. The molecule has 0 bridgehead atoms. The van der Waals surface area contributed by atoms with Gasteiger partial charge in [0.1, 0.15) is 11.6 Å². The summed E-state index contributed by atoms with van der Waals surface area (Å²) < 4.78 is 4.51. The van der Waals surface area contributed by atoms with Crippen molar-refractivity contribution in [2.45, 2.75) is 0 Å². The maximum absolute atomic E-state index is 10.3. The Balaban J connectivity index is 2.49. The predicted octanol–water partition coefficient (Wildman–Crippen LogP) is -0.0772. The maximum atomic E-state index is 10.3. The minimum absolute atomic E-state index is 0.112. The van der Waals surface area contributed by atoms with Crippen molar-refractivity contribution in [3.05, 3.63) is 11.2 Å². The standard InChI is InChI=1S/C7H11ClN6O2/c8-4-3-12-7(14-10)13-5(4)11-1-2-16-6(9)15/h3H,1-2,10H2,(H2,9,15)(H2,11,12,13,14). The zero-order valence-electron chi connectivity index (χ0n) is 8.24. The zero-order chi connectivity index (χ0) is 12.0. The minimum atomic E-state index is -0.833. The van der Waals surface area contributed by atoms with E-state index in [1.165, 1.54) is 6.20 Å². The summed E-state index contributed by atoms with van der Waals surface area (Å²) in [7, 11) is 0. The van der Waals surface area contributed by atoms with Crippen molar-refractivity contribution in [2.75, 3.05) is 23.9 Å². The first-order chi connectivity index (χ1) is 7.63. The fraction of sp³-hybridized carbons (Fsp3) is 0.286. The van der Waals surface area contributed by atoms with Gasteiger partial charge in [0.15, 0.2) is 5.82 Å². The summed E-state index contributed by atoms with van der Waals surface area (Å²) in [6.07, 6.45) is 0.556. The van der Waals surface area contributed by atoms with Crippen LogP contribution in [-0.4, -0.2) is 29.2 Å². The number of rotatable bonds is 5. The lowest BCUT2D eigenvalue weighted by Gasteiger charge is -2.08. The summed E-state index contributed by atoms with van der Waals surface area (Å²) in [5, 5.41) is 3.16. The normalized spacial score (nSPS) is 9.62. The molecular weight excluding hydrogens is 236 g/mol. The molecule has 0 saturated heterocycles. The van der Waals surface area contributed by atoms with Gasteiger partial charge >= 0.3 is 6.09 Å². The third-order valence-electron chi connectivity index (χ3n) is 1.51. The maximum Gasteiger partial charge on any atom is 0.404 e. The topological polar surface area (TPSA) is 128 Å². The molecule has 0 atom stereocenters. The van der Waals surface area contributed by atoms with E-state index in [-0.39, 0.29) is 12.6 Å². The Bertz CT molecular complexity index is 374. The van der Waals surface area contributed by atoms with Crippen molar-refractivity contribution in [3.8, 4) is 0 Å². The molecule has 0 fully saturated rings. The number of primary amides is 1. The molecule has 0 unspecified atom stereocenters. The number of hydrazine groups is 1. The number of ether oxygens (including phenoxy) is 1. The van der Waals surface area contributed by atoms with Crippen LogP contribution in [0.1, 0.15) is 0 Å². The van der Waals surface area contributed by atoms with Crippen LogP contribution in [-0.2, 0) is 4.74 Å². The van der Waals surface area contributed by atoms with Crippen LogP contribution in [0.15, 0.2) is 6.20 Å². The Kier molecular flexibility index (Phi) is 4.55. The first-order valence-corrected chi connectivity index (χ1v) is 4.66. The SMILES string of the molecule is NNc1ncc(Cl)c(NCCOC(N)=O)n1. The van der Waals surface area contributed by atoms with Crippen LogP contribution in [0.3, 0.4) is 0 Å². The number of carbonyl (C=O) groups excluding carboxylic acids is 1. The minimum Gasteiger partial charge on any atom is -0.448 e. The Morgan fingerprint density at radius 1 is 1.62 bits per heavy atom. The highest BCUT2D eigenvalue weighted by Gasteiger charge is 2.04. The molecule has 1 aromatic heterocycles. The fourth-order valence-corrected chi connectivity index (χ4v) is 1.04. The number of hydrogen-bond acceptors (Lipinski definition) is 7. The highest BCUT2D eigenvalue weighted by atomic mass is 35.5. The van der Waals surface area contributed by atoms with E-state index < -0.39 is 6.09 Å². The van der Waals surface area contributed by atoms with Gasteiger partial charge in [-0.1, -0.05) is 11.6 Å². The fourth-order valence-electron chi connectivity index (χ4n) is 0.882. The summed E-state index contributed by atoms with van der Waals surface area (Å²) >= 11 is 5.81. The Morgan fingerprint density at radius 3 is 3.00 bits per heavy atom. The zero-order valence-corrected chi connectivity index (χ0v) is 8.99.